The summed E-state index contributed by atoms with van der Waals surface area (Å²) < 4.78 is 1.96. The molecule has 1 aliphatic heterocycles. The van der Waals surface area contributed by atoms with E-state index in [0.29, 0.717) is 0 Å². The normalized spacial score (nSPS) is 15.9. The number of aromatic nitrogens is 2. The van der Waals surface area contributed by atoms with E-state index in [-0.39, 0.29) is 5.54 Å². The molecule has 1 aromatic heterocycles. The zero-order chi connectivity index (χ0) is 12.9. The molecule has 0 fully saturated rings. The molecule has 0 bridgehead atoms. The van der Waals surface area contributed by atoms with Crippen LogP contribution in [0.25, 0.3) is 11.3 Å². The average Bonchev–Trinajstić information content (AvgIpc) is 2.76. The molecule has 3 heteroatoms. The number of benzene rings is 1. The fourth-order valence-corrected chi connectivity index (χ4v) is 2.29. The lowest BCUT2D eigenvalue weighted by atomic mass is 10.1. The zero-order valence-electron chi connectivity index (χ0n) is 11.2. The van der Waals surface area contributed by atoms with Gasteiger partial charge in [-0.2, -0.15) is 5.10 Å². The molecule has 0 saturated carbocycles. The maximum absolute atomic E-state index is 4.82. The topological polar surface area (TPSA) is 30.2 Å². The summed E-state index contributed by atoms with van der Waals surface area (Å²) in [7, 11) is 0. The summed E-state index contributed by atoms with van der Waals surface area (Å²) >= 11 is 0. The fraction of sp³-hybridized carbons (Fsp3) is 0.333. The summed E-state index contributed by atoms with van der Waals surface area (Å²) in [5.74, 6) is 0.959. The number of aryl methyl sites for hydroxylation is 1. The number of aliphatic imine (C=N–C) groups is 1. The summed E-state index contributed by atoms with van der Waals surface area (Å²) in [6.45, 7) is 8.34. The Morgan fingerprint density at radius 2 is 1.78 bits per heavy atom. The largest absolute Gasteiger partial charge is 0.260 e. The highest BCUT2D eigenvalue weighted by atomic mass is 15.3. The standard InChI is InChI=1S/C15H17N3/c1-10-9-13-11-7-5-6-8-12(11)14(18(13)17-10)16-15(2,3)4/h5-9H,1-4H3. The molecule has 1 aromatic carbocycles. The number of nitrogens with zero attached hydrogens (tertiary/aromatic N) is 3. The quantitative estimate of drug-likeness (QED) is 0.592. The van der Waals surface area contributed by atoms with Crippen molar-refractivity contribution in [3.63, 3.8) is 0 Å². The third kappa shape index (κ3) is 1.67. The molecule has 2 aromatic rings. The summed E-state index contributed by atoms with van der Waals surface area (Å²) in [5.41, 5.74) is 4.47. The van der Waals surface area contributed by atoms with E-state index < -0.39 is 0 Å². The zero-order valence-corrected chi connectivity index (χ0v) is 11.2. The van der Waals surface area contributed by atoms with Gasteiger partial charge in [-0.15, -0.1) is 0 Å². The van der Waals surface area contributed by atoms with Crippen molar-refractivity contribution in [1.29, 1.82) is 0 Å². The molecule has 3 rings (SSSR count). The van der Waals surface area contributed by atoms with Crippen LogP contribution < -0.4 is 0 Å². The van der Waals surface area contributed by atoms with Crippen LogP contribution in [0.15, 0.2) is 35.3 Å². The minimum Gasteiger partial charge on any atom is -0.260 e. The van der Waals surface area contributed by atoms with Gasteiger partial charge in [0, 0.05) is 11.1 Å². The molecule has 0 amide bonds. The molecular formula is C15H17N3. The molecule has 0 N–H and O–H groups in total. The van der Waals surface area contributed by atoms with Crippen LogP contribution in [0.1, 0.15) is 32.0 Å². The maximum Gasteiger partial charge on any atom is 0.157 e. The fourth-order valence-electron chi connectivity index (χ4n) is 2.29. The Kier molecular flexibility index (Phi) is 2.21. The Hall–Kier alpha value is -1.90. The maximum atomic E-state index is 4.82. The second kappa shape index (κ2) is 3.55. The van der Waals surface area contributed by atoms with E-state index in [1.165, 1.54) is 11.1 Å². The highest BCUT2D eigenvalue weighted by Crippen LogP contribution is 2.33. The van der Waals surface area contributed by atoms with E-state index in [1.54, 1.807) is 0 Å². The van der Waals surface area contributed by atoms with Crippen LogP contribution in [0, 0.1) is 6.92 Å². The Morgan fingerprint density at radius 3 is 2.44 bits per heavy atom. The molecule has 0 unspecified atom stereocenters. The lowest BCUT2D eigenvalue weighted by molar-refractivity contribution is 0.580. The van der Waals surface area contributed by atoms with Crippen LogP contribution in [0.2, 0.25) is 0 Å². The van der Waals surface area contributed by atoms with Gasteiger partial charge in [0.2, 0.25) is 0 Å². The van der Waals surface area contributed by atoms with Crippen molar-refractivity contribution in [3.8, 4) is 11.3 Å². The van der Waals surface area contributed by atoms with Gasteiger partial charge < -0.3 is 0 Å². The lowest BCUT2D eigenvalue weighted by Gasteiger charge is -2.14. The highest BCUT2D eigenvalue weighted by molar-refractivity contribution is 6.11. The minimum absolute atomic E-state index is 0.107. The van der Waals surface area contributed by atoms with E-state index in [4.69, 9.17) is 4.99 Å². The van der Waals surface area contributed by atoms with Crippen LogP contribution in [0.3, 0.4) is 0 Å². The van der Waals surface area contributed by atoms with E-state index in [1.807, 2.05) is 11.6 Å². The van der Waals surface area contributed by atoms with Crippen LogP contribution in [-0.2, 0) is 0 Å². The second-order valence-electron chi connectivity index (χ2n) is 5.73. The van der Waals surface area contributed by atoms with Gasteiger partial charge in [-0.25, -0.2) is 4.68 Å². The second-order valence-corrected chi connectivity index (χ2v) is 5.73. The molecule has 0 spiro atoms. The van der Waals surface area contributed by atoms with Gasteiger partial charge in [0.15, 0.2) is 5.84 Å². The Morgan fingerprint density at radius 1 is 1.11 bits per heavy atom. The molecule has 0 atom stereocenters. The third-order valence-corrected chi connectivity index (χ3v) is 2.92. The lowest BCUT2D eigenvalue weighted by Crippen LogP contribution is -2.19. The Labute approximate surface area is 107 Å². The van der Waals surface area contributed by atoms with Crippen molar-refractivity contribution < 1.29 is 0 Å². The van der Waals surface area contributed by atoms with Crippen LogP contribution in [-0.4, -0.2) is 21.2 Å². The molecule has 18 heavy (non-hydrogen) atoms. The summed E-state index contributed by atoms with van der Waals surface area (Å²) in [5, 5.41) is 4.56. The van der Waals surface area contributed by atoms with Crippen molar-refractivity contribution in [2.75, 3.05) is 0 Å². The molecule has 1 aliphatic rings. The highest BCUT2D eigenvalue weighted by Gasteiger charge is 2.27. The van der Waals surface area contributed by atoms with Gasteiger partial charge in [0.25, 0.3) is 0 Å². The first-order chi connectivity index (χ1) is 8.46. The SMILES string of the molecule is Cc1cc2n(n1)C(=NC(C)(C)C)c1ccccc1-2. The monoisotopic (exact) mass is 239 g/mol. The predicted octanol–water partition coefficient (Wildman–Crippen LogP) is 3.27. The van der Waals surface area contributed by atoms with Crippen molar-refractivity contribution >= 4 is 5.84 Å². The van der Waals surface area contributed by atoms with Gasteiger partial charge in [-0.05, 0) is 33.8 Å². The van der Waals surface area contributed by atoms with Crippen molar-refractivity contribution in [2.24, 2.45) is 4.99 Å². The summed E-state index contributed by atoms with van der Waals surface area (Å²) in [6.07, 6.45) is 0. The van der Waals surface area contributed by atoms with Crippen LogP contribution in [0.5, 0.6) is 0 Å². The van der Waals surface area contributed by atoms with E-state index in [2.05, 4.69) is 56.2 Å². The number of hydrogen-bond acceptors (Lipinski definition) is 2. The first-order valence-corrected chi connectivity index (χ1v) is 6.22. The Bertz CT molecular complexity index is 642. The summed E-state index contributed by atoms with van der Waals surface area (Å²) in [6, 6.07) is 10.5. The number of fused-ring (bicyclic) bond motifs is 3. The van der Waals surface area contributed by atoms with E-state index >= 15 is 0 Å². The van der Waals surface area contributed by atoms with Gasteiger partial charge >= 0.3 is 0 Å². The average molecular weight is 239 g/mol. The first-order valence-electron chi connectivity index (χ1n) is 6.22. The third-order valence-electron chi connectivity index (χ3n) is 2.92. The first kappa shape index (κ1) is 11.2. The number of rotatable bonds is 0. The van der Waals surface area contributed by atoms with Crippen molar-refractivity contribution in [1.82, 2.24) is 9.78 Å². The molecule has 0 aliphatic carbocycles. The molecule has 0 saturated heterocycles. The molecule has 92 valence electrons. The van der Waals surface area contributed by atoms with Gasteiger partial charge in [-0.1, -0.05) is 24.3 Å². The van der Waals surface area contributed by atoms with E-state index in [9.17, 15) is 0 Å². The van der Waals surface area contributed by atoms with Crippen LogP contribution >= 0.6 is 0 Å². The molecule has 3 nitrogen and oxygen atoms in total. The van der Waals surface area contributed by atoms with Gasteiger partial charge in [0.05, 0.1) is 16.9 Å². The molecular weight excluding hydrogens is 222 g/mol. The smallest absolute Gasteiger partial charge is 0.157 e. The van der Waals surface area contributed by atoms with Crippen LogP contribution in [0.4, 0.5) is 0 Å². The Balaban J connectivity index is 2.30. The predicted molar refractivity (Wildman–Crippen MR) is 74.1 cm³/mol. The molecule has 0 radical (unpaired) electrons. The van der Waals surface area contributed by atoms with Crippen molar-refractivity contribution in [3.05, 3.63) is 41.6 Å². The minimum atomic E-state index is -0.107. The summed E-state index contributed by atoms with van der Waals surface area (Å²) in [4.78, 5) is 4.82. The van der Waals surface area contributed by atoms with Crippen molar-refractivity contribution in [2.45, 2.75) is 33.2 Å². The number of hydrogen-bond donors (Lipinski definition) is 0. The van der Waals surface area contributed by atoms with E-state index in [0.717, 1.165) is 17.2 Å². The van der Waals surface area contributed by atoms with Gasteiger partial charge in [0.1, 0.15) is 0 Å². The van der Waals surface area contributed by atoms with Gasteiger partial charge in [-0.3, -0.25) is 4.99 Å². The molecule has 2 heterocycles.